The number of aromatic nitrogens is 1. The molecule has 0 N–H and O–H groups in total. The van der Waals surface area contributed by atoms with Crippen LogP contribution in [-0.4, -0.2) is 18.1 Å². The number of nitrogens with zero attached hydrogens (tertiary/aromatic N) is 2. The molecule has 1 aromatic heterocycles. The highest BCUT2D eigenvalue weighted by atomic mass is 35.5. The molecule has 4 heteroatoms. The fourth-order valence-corrected chi connectivity index (χ4v) is 3.14. The zero-order valence-corrected chi connectivity index (χ0v) is 12.5. The molecule has 1 fully saturated rings. The first kappa shape index (κ1) is 14.6. The predicted octanol–water partition coefficient (Wildman–Crippen LogP) is 4.36. The molecule has 0 bridgehead atoms. The van der Waals surface area contributed by atoms with Crippen molar-refractivity contribution in [1.29, 1.82) is 0 Å². The molecule has 0 spiro atoms. The fourth-order valence-electron chi connectivity index (χ4n) is 2.93. The third kappa shape index (κ3) is 3.19. The molecular formula is C15H22ClFN2. The number of halogens is 2. The van der Waals surface area contributed by atoms with Gasteiger partial charge in [0.2, 0.25) is 0 Å². The molecule has 0 aliphatic heterocycles. The lowest BCUT2D eigenvalue weighted by atomic mass is 9.84. The van der Waals surface area contributed by atoms with Crippen molar-refractivity contribution in [3.05, 3.63) is 23.6 Å². The molecule has 2 nitrogen and oxygen atoms in total. The Morgan fingerprint density at radius 3 is 2.63 bits per heavy atom. The van der Waals surface area contributed by atoms with Gasteiger partial charge < -0.3 is 4.90 Å². The van der Waals surface area contributed by atoms with Gasteiger partial charge in [0.15, 0.2) is 11.6 Å². The molecule has 1 aliphatic rings. The maximum atomic E-state index is 14.2. The van der Waals surface area contributed by atoms with Crippen molar-refractivity contribution in [1.82, 2.24) is 4.98 Å². The minimum absolute atomic E-state index is 0.192. The van der Waals surface area contributed by atoms with Gasteiger partial charge in [-0.25, -0.2) is 9.37 Å². The highest BCUT2D eigenvalue weighted by Gasteiger charge is 2.25. The van der Waals surface area contributed by atoms with Crippen LogP contribution in [0.5, 0.6) is 0 Å². The SMILES string of the molecule is CCC1CCC(N(C)c2nccc(CCl)c2F)CC1. The lowest BCUT2D eigenvalue weighted by molar-refractivity contribution is 0.312. The molecule has 0 unspecified atom stereocenters. The molecule has 0 radical (unpaired) electrons. The van der Waals surface area contributed by atoms with E-state index >= 15 is 0 Å². The maximum absolute atomic E-state index is 14.2. The van der Waals surface area contributed by atoms with Gasteiger partial charge in [-0.15, -0.1) is 11.6 Å². The quantitative estimate of drug-likeness (QED) is 0.764. The normalized spacial score (nSPS) is 23.4. The van der Waals surface area contributed by atoms with E-state index in [0.717, 1.165) is 18.8 Å². The number of pyridine rings is 1. The number of hydrogen-bond acceptors (Lipinski definition) is 2. The van der Waals surface area contributed by atoms with Gasteiger partial charge in [-0.3, -0.25) is 0 Å². The summed E-state index contributed by atoms with van der Waals surface area (Å²) in [5, 5.41) is 0. The van der Waals surface area contributed by atoms with E-state index in [4.69, 9.17) is 11.6 Å². The first-order valence-corrected chi connectivity index (χ1v) is 7.63. The van der Waals surface area contributed by atoms with Crippen LogP contribution in [0.4, 0.5) is 10.2 Å². The topological polar surface area (TPSA) is 16.1 Å². The monoisotopic (exact) mass is 284 g/mol. The third-order valence-corrected chi connectivity index (χ3v) is 4.66. The van der Waals surface area contributed by atoms with E-state index in [-0.39, 0.29) is 11.7 Å². The van der Waals surface area contributed by atoms with Gasteiger partial charge in [0.05, 0.1) is 5.88 Å². The summed E-state index contributed by atoms with van der Waals surface area (Å²) >= 11 is 5.75. The smallest absolute Gasteiger partial charge is 0.170 e. The summed E-state index contributed by atoms with van der Waals surface area (Å²) in [6.45, 7) is 2.25. The first-order chi connectivity index (χ1) is 9.17. The largest absolute Gasteiger partial charge is 0.354 e. The lowest BCUT2D eigenvalue weighted by Gasteiger charge is -2.35. The number of alkyl halides is 1. The molecule has 0 saturated heterocycles. The van der Waals surface area contributed by atoms with Crippen molar-refractivity contribution >= 4 is 17.4 Å². The molecular weight excluding hydrogens is 263 g/mol. The van der Waals surface area contributed by atoms with Crippen LogP contribution in [0.25, 0.3) is 0 Å². The Balaban J connectivity index is 2.10. The second kappa shape index (κ2) is 6.56. The molecule has 1 heterocycles. The molecule has 106 valence electrons. The van der Waals surface area contributed by atoms with Gasteiger partial charge >= 0.3 is 0 Å². The zero-order chi connectivity index (χ0) is 13.8. The van der Waals surface area contributed by atoms with Crippen LogP contribution in [0, 0.1) is 11.7 Å². The van der Waals surface area contributed by atoms with E-state index in [2.05, 4.69) is 11.9 Å². The summed E-state index contributed by atoms with van der Waals surface area (Å²) in [6.07, 6.45) is 7.63. The lowest BCUT2D eigenvalue weighted by Crippen LogP contribution is -2.36. The number of hydrogen-bond donors (Lipinski definition) is 0. The van der Waals surface area contributed by atoms with Gasteiger partial charge in [0, 0.05) is 24.8 Å². The highest BCUT2D eigenvalue weighted by molar-refractivity contribution is 6.17. The Hall–Kier alpha value is -0.830. The van der Waals surface area contributed by atoms with Crippen LogP contribution >= 0.6 is 11.6 Å². The summed E-state index contributed by atoms with van der Waals surface area (Å²) in [6, 6.07) is 2.04. The van der Waals surface area contributed by atoms with Crippen LogP contribution in [0.3, 0.4) is 0 Å². The van der Waals surface area contributed by atoms with Crippen LogP contribution in [-0.2, 0) is 5.88 Å². The van der Waals surface area contributed by atoms with Gasteiger partial charge in [-0.2, -0.15) is 0 Å². The zero-order valence-electron chi connectivity index (χ0n) is 11.7. The van der Waals surface area contributed by atoms with E-state index in [1.165, 1.54) is 19.3 Å². The molecule has 1 aromatic rings. The highest BCUT2D eigenvalue weighted by Crippen LogP contribution is 2.31. The van der Waals surface area contributed by atoms with Crippen molar-refractivity contribution < 1.29 is 4.39 Å². The molecule has 1 saturated carbocycles. The van der Waals surface area contributed by atoms with E-state index < -0.39 is 0 Å². The minimum atomic E-state index is -0.266. The summed E-state index contributed by atoms with van der Waals surface area (Å²) in [5.41, 5.74) is 0.528. The van der Waals surface area contributed by atoms with Gasteiger partial charge in [-0.1, -0.05) is 13.3 Å². The van der Waals surface area contributed by atoms with E-state index in [1.54, 1.807) is 12.3 Å². The number of anilines is 1. The summed E-state index contributed by atoms with van der Waals surface area (Å²) < 4.78 is 14.2. The van der Waals surface area contributed by atoms with Crippen molar-refractivity contribution in [2.45, 2.75) is 50.9 Å². The van der Waals surface area contributed by atoms with Gasteiger partial charge in [0.1, 0.15) is 0 Å². The van der Waals surface area contributed by atoms with Crippen LogP contribution in [0.15, 0.2) is 12.3 Å². The molecule has 19 heavy (non-hydrogen) atoms. The second-order valence-corrected chi connectivity index (χ2v) is 5.70. The van der Waals surface area contributed by atoms with Crippen molar-refractivity contribution in [3.8, 4) is 0 Å². The third-order valence-electron chi connectivity index (χ3n) is 4.37. The van der Waals surface area contributed by atoms with Crippen LogP contribution in [0.1, 0.15) is 44.6 Å². The fraction of sp³-hybridized carbons (Fsp3) is 0.667. The Morgan fingerprint density at radius 2 is 2.05 bits per heavy atom. The van der Waals surface area contributed by atoms with Gasteiger partial charge in [0.25, 0.3) is 0 Å². The minimum Gasteiger partial charge on any atom is -0.354 e. The van der Waals surface area contributed by atoms with Crippen molar-refractivity contribution in [2.75, 3.05) is 11.9 Å². The van der Waals surface area contributed by atoms with E-state index in [0.29, 0.717) is 17.4 Å². The average molecular weight is 285 g/mol. The average Bonchev–Trinajstić information content (AvgIpc) is 2.47. The van der Waals surface area contributed by atoms with Crippen LogP contribution in [0.2, 0.25) is 0 Å². The molecule has 1 aliphatic carbocycles. The Kier molecular flexibility index (Phi) is 5.03. The van der Waals surface area contributed by atoms with E-state index in [9.17, 15) is 4.39 Å². The molecule has 0 amide bonds. The van der Waals surface area contributed by atoms with E-state index in [1.807, 2.05) is 11.9 Å². The molecule has 0 aromatic carbocycles. The standard InChI is InChI=1S/C15H22ClFN2/c1-3-11-4-6-13(7-5-11)19(2)15-14(17)12(10-16)8-9-18-15/h8-9,11,13H,3-7,10H2,1-2H3. The summed E-state index contributed by atoms with van der Waals surface area (Å²) in [7, 11) is 1.94. The number of rotatable bonds is 4. The van der Waals surface area contributed by atoms with Crippen LogP contribution < -0.4 is 4.90 Å². The molecule has 2 rings (SSSR count). The van der Waals surface area contributed by atoms with Crippen molar-refractivity contribution in [2.24, 2.45) is 5.92 Å². The Morgan fingerprint density at radius 1 is 1.37 bits per heavy atom. The van der Waals surface area contributed by atoms with Gasteiger partial charge in [-0.05, 0) is 37.7 Å². The summed E-state index contributed by atoms with van der Waals surface area (Å²) in [4.78, 5) is 6.19. The Labute approximate surface area is 120 Å². The maximum Gasteiger partial charge on any atom is 0.170 e. The predicted molar refractivity (Wildman–Crippen MR) is 78.2 cm³/mol. The first-order valence-electron chi connectivity index (χ1n) is 7.09. The second-order valence-electron chi connectivity index (χ2n) is 5.43. The molecule has 0 atom stereocenters. The Bertz CT molecular complexity index is 417. The van der Waals surface area contributed by atoms with Crippen molar-refractivity contribution in [3.63, 3.8) is 0 Å². The summed E-state index contributed by atoms with van der Waals surface area (Å²) in [5.74, 6) is 1.21.